The minimum atomic E-state index is -0.930. The van der Waals surface area contributed by atoms with Crippen LogP contribution in [0.2, 0.25) is 0 Å². The number of anilines is 1. The SMILES string of the molecule is CCc1nccn1CC(=O)N(c1cccc(F)c1)C(C(=O)NC1CCCCC1)c1ccccc1C. The van der Waals surface area contributed by atoms with Crippen LogP contribution in [0.4, 0.5) is 10.1 Å². The van der Waals surface area contributed by atoms with Gasteiger partial charge in [-0.15, -0.1) is 0 Å². The number of carbonyl (C=O) groups excluding carboxylic acids is 2. The molecule has 0 aliphatic heterocycles. The van der Waals surface area contributed by atoms with Crippen molar-refractivity contribution in [3.05, 3.63) is 83.7 Å². The fourth-order valence-corrected chi connectivity index (χ4v) is 4.90. The Labute approximate surface area is 206 Å². The van der Waals surface area contributed by atoms with E-state index in [4.69, 9.17) is 0 Å². The maximum absolute atomic E-state index is 14.4. The number of rotatable bonds is 8. The lowest BCUT2D eigenvalue weighted by Gasteiger charge is -2.34. The molecule has 184 valence electrons. The van der Waals surface area contributed by atoms with Gasteiger partial charge in [-0.05, 0) is 49.1 Å². The number of nitrogens with one attached hydrogen (secondary N) is 1. The van der Waals surface area contributed by atoms with Crippen molar-refractivity contribution in [3.63, 3.8) is 0 Å². The molecule has 1 N–H and O–H groups in total. The van der Waals surface area contributed by atoms with Gasteiger partial charge in [0, 0.05) is 30.5 Å². The molecule has 1 saturated carbocycles. The summed E-state index contributed by atoms with van der Waals surface area (Å²) < 4.78 is 16.1. The minimum absolute atomic E-state index is 0.00121. The Morgan fingerprint density at radius 2 is 1.91 bits per heavy atom. The number of amides is 2. The van der Waals surface area contributed by atoms with Gasteiger partial charge in [0.05, 0.1) is 0 Å². The van der Waals surface area contributed by atoms with E-state index in [2.05, 4.69) is 10.3 Å². The van der Waals surface area contributed by atoms with Crippen LogP contribution in [0.25, 0.3) is 0 Å². The molecule has 0 bridgehead atoms. The van der Waals surface area contributed by atoms with Crippen LogP contribution < -0.4 is 10.2 Å². The molecule has 1 heterocycles. The number of nitrogens with zero attached hydrogens (tertiary/aromatic N) is 3. The second kappa shape index (κ2) is 11.3. The quantitative estimate of drug-likeness (QED) is 0.491. The average Bonchev–Trinajstić information content (AvgIpc) is 3.30. The third-order valence-electron chi connectivity index (χ3n) is 6.72. The van der Waals surface area contributed by atoms with E-state index in [0.29, 0.717) is 12.1 Å². The molecule has 1 aliphatic carbocycles. The highest BCUT2D eigenvalue weighted by molar-refractivity contribution is 6.01. The molecular formula is C28H33FN4O2. The molecule has 2 amide bonds. The summed E-state index contributed by atoms with van der Waals surface area (Å²) in [6, 6.07) is 12.6. The Kier molecular flexibility index (Phi) is 7.95. The van der Waals surface area contributed by atoms with Crippen molar-refractivity contribution in [2.75, 3.05) is 4.90 Å². The first-order valence-electron chi connectivity index (χ1n) is 12.4. The summed E-state index contributed by atoms with van der Waals surface area (Å²) in [6.45, 7) is 3.90. The van der Waals surface area contributed by atoms with Crippen molar-refractivity contribution in [1.82, 2.24) is 14.9 Å². The molecule has 6 nitrogen and oxygen atoms in total. The van der Waals surface area contributed by atoms with Crippen molar-refractivity contribution in [1.29, 1.82) is 0 Å². The highest BCUT2D eigenvalue weighted by Crippen LogP contribution is 2.31. The van der Waals surface area contributed by atoms with Gasteiger partial charge < -0.3 is 9.88 Å². The summed E-state index contributed by atoms with van der Waals surface area (Å²) in [7, 11) is 0. The zero-order chi connectivity index (χ0) is 24.8. The van der Waals surface area contributed by atoms with Crippen LogP contribution in [-0.2, 0) is 22.6 Å². The van der Waals surface area contributed by atoms with Gasteiger partial charge in [0.2, 0.25) is 11.8 Å². The predicted molar refractivity (Wildman–Crippen MR) is 134 cm³/mol. The highest BCUT2D eigenvalue weighted by atomic mass is 19.1. The Morgan fingerprint density at radius 3 is 2.63 bits per heavy atom. The van der Waals surface area contributed by atoms with Gasteiger partial charge in [0.25, 0.3) is 0 Å². The van der Waals surface area contributed by atoms with Gasteiger partial charge in [-0.2, -0.15) is 0 Å². The predicted octanol–water partition coefficient (Wildman–Crippen LogP) is 5.12. The van der Waals surface area contributed by atoms with Gasteiger partial charge in [-0.3, -0.25) is 14.5 Å². The van der Waals surface area contributed by atoms with Gasteiger partial charge in [-0.25, -0.2) is 9.37 Å². The molecule has 35 heavy (non-hydrogen) atoms. The Bertz CT molecular complexity index is 1170. The third-order valence-corrected chi connectivity index (χ3v) is 6.72. The number of halogens is 1. The normalized spacial score (nSPS) is 14.9. The number of benzene rings is 2. The fraction of sp³-hybridized carbons (Fsp3) is 0.393. The molecular weight excluding hydrogens is 443 g/mol. The number of aromatic nitrogens is 2. The van der Waals surface area contributed by atoms with Crippen molar-refractivity contribution in [2.45, 2.75) is 71.0 Å². The van der Waals surface area contributed by atoms with Gasteiger partial charge in [0.1, 0.15) is 24.2 Å². The van der Waals surface area contributed by atoms with E-state index in [1.807, 2.05) is 38.1 Å². The topological polar surface area (TPSA) is 67.2 Å². The largest absolute Gasteiger partial charge is 0.351 e. The summed E-state index contributed by atoms with van der Waals surface area (Å²) in [5, 5.41) is 3.20. The van der Waals surface area contributed by atoms with E-state index >= 15 is 0 Å². The van der Waals surface area contributed by atoms with E-state index in [-0.39, 0.29) is 24.4 Å². The van der Waals surface area contributed by atoms with Crippen LogP contribution in [0.1, 0.15) is 62.0 Å². The van der Waals surface area contributed by atoms with E-state index in [1.165, 1.54) is 23.5 Å². The monoisotopic (exact) mass is 476 g/mol. The minimum Gasteiger partial charge on any atom is -0.351 e. The van der Waals surface area contributed by atoms with E-state index in [1.54, 1.807) is 29.1 Å². The van der Waals surface area contributed by atoms with Crippen LogP contribution in [0.5, 0.6) is 0 Å². The smallest absolute Gasteiger partial charge is 0.248 e. The van der Waals surface area contributed by atoms with E-state index in [0.717, 1.165) is 42.6 Å². The molecule has 3 aromatic rings. The number of hydrogen-bond acceptors (Lipinski definition) is 3. The summed E-state index contributed by atoms with van der Waals surface area (Å²) in [6.07, 6.45) is 9.26. The lowest BCUT2D eigenvalue weighted by molar-refractivity contribution is -0.127. The van der Waals surface area contributed by atoms with Gasteiger partial charge in [-0.1, -0.05) is 56.5 Å². The van der Waals surface area contributed by atoms with Crippen LogP contribution in [-0.4, -0.2) is 27.4 Å². The van der Waals surface area contributed by atoms with Gasteiger partial charge >= 0.3 is 0 Å². The first kappa shape index (κ1) is 24.6. The zero-order valence-corrected chi connectivity index (χ0v) is 20.4. The van der Waals surface area contributed by atoms with Crippen molar-refractivity contribution >= 4 is 17.5 Å². The fourth-order valence-electron chi connectivity index (χ4n) is 4.90. The maximum atomic E-state index is 14.4. The van der Waals surface area contributed by atoms with Crippen molar-refractivity contribution in [2.24, 2.45) is 0 Å². The first-order valence-corrected chi connectivity index (χ1v) is 12.4. The lowest BCUT2D eigenvalue weighted by Crippen LogP contribution is -2.48. The van der Waals surface area contributed by atoms with Crippen molar-refractivity contribution < 1.29 is 14.0 Å². The molecule has 2 aromatic carbocycles. The summed E-state index contributed by atoms with van der Waals surface area (Å²) >= 11 is 0. The molecule has 1 atom stereocenters. The van der Waals surface area contributed by atoms with Gasteiger partial charge in [0.15, 0.2) is 0 Å². The average molecular weight is 477 g/mol. The van der Waals surface area contributed by atoms with E-state index < -0.39 is 11.9 Å². The summed E-state index contributed by atoms with van der Waals surface area (Å²) in [5.41, 5.74) is 1.96. The van der Waals surface area contributed by atoms with E-state index in [9.17, 15) is 14.0 Å². The molecule has 1 unspecified atom stereocenters. The molecule has 0 spiro atoms. The van der Waals surface area contributed by atoms with Crippen molar-refractivity contribution in [3.8, 4) is 0 Å². The Hall–Kier alpha value is -3.48. The number of imidazole rings is 1. The highest BCUT2D eigenvalue weighted by Gasteiger charge is 2.35. The molecule has 1 fully saturated rings. The lowest BCUT2D eigenvalue weighted by atomic mass is 9.93. The standard InChI is InChI=1S/C28H33FN4O2/c1-3-25-30-16-17-32(25)19-26(34)33(23-14-9-11-21(29)18-23)27(24-15-8-7-10-20(24)2)28(35)31-22-12-5-4-6-13-22/h7-11,14-18,22,27H,3-6,12-13,19H2,1-2H3,(H,31,35). The van der Waals surface area contributed by atoms with Crippen LogP contribution in [0.15, 0.2) is 60.9 Å². The third kappa shape index (κ3) is 5.78. The molecule has 0 saturated heterocycles. The molecule has 1 aliphatic rings. The molecule has 1 aromatic heterocycles. The van der Waals surface area contributed by atoms with Crippen LogP contribution in [0, 0.1) is 12.7 Å². The summed E-state index contributed by atoms with van der Waals surface area (Å²) in [5.74, 6) is -0.245. The Morgan fingerprint density at radius 1 is 1.14 bits per heavy atom. The number of carbonyl (C=O) groups is 2. The second-order valence-electron chi connectivity index (χ2n) is 9.17. The number of aryl methyl sites for hydroxylation is 2. The Balaban J connectivity index is 1.77. The van der Waals surface area contributed by atoms with Crippen LogP contribution >= 0.6 is 0 Å². The van der Waals surface area contributed by atoms with Crippen LogP contribution in [0.3, 0.4) is 0 Å². The molecule has 4 rings (SSSR count). The summed E-state index contributed by atoms with van der Waals surface area (Å²) in [4.78, 5) is 33.5. The zero-order valence-electron chi connectivity index (χ0n) is 20.4. The maximum Gasteiger partial charge on any atom is 0.248 e. The number of hydrogen-bond donors (Lipinski definition) is 1. The molecule has 7 heteroatoms. The molecule has 0 radical (unpaired) electrons. The first-order chi connectivity index (χ1) is 17.0. The second-order valence-corrected chi connectivity index (χ2v) is 9.17.